The van der Waals surface area contributed by atoms with Gasteiger partial charge in [-0.25, -0.2) is 0 Å². The fraction of sp³-hybridized carbons (Fsp3) is 0.621. The Labute approximate surface area is 210 Å². The predicted octanol–water partition coefficient (Wildman–Crippen LogP) is 7.08. The summed E-state index contributed by atoms with van der Waals surface area (Å²) in [4.78, 5) is 13.8. The van der Waals surface area contributed by atoms with E-state index in [-0.39, 0.29) is 35.2 Å². The summed E-state index contributed by atoms with van der Waals surface area (Å²) in [5.74, 6) is -0.390. The van der Waals surface area contributed by atoms with Crippen molar-refractivity contribution < 1.29 is 27.8 Å². The van der Waals surface area contributed by atoms with E-state index in [1.54, 1.807) is 18.2 Å². The molecule has 5 rings (SSSR count). The van der Waals surface area contributed by atoms with E-state index < -0.39 is 17.7 Å². The maximum absolute atomic E-state index is 14.3. The van der Waals surface area contributed by atoms with Crippen molar-refractivity contribution >= 4 is 16.7 Å². The second-order valence-corrected chi connectivity index (χ2v) is 11.0. The molecule has 7 heteroatoms. The van der Waals surface area contributed by atoms with Crippen LogP contribution in [0.15, 0.2) is 30.3 Å². The van der Waals surface area contributed by atoms with E-state index in [2.05, 4.69) is 11.8 Å². The highest BCUT2D eigenvalue weighted by atomic mass is 19.4. The molecule has 1 N–H and O–H groups in total. The molecule has 0 spiro atoms. The molecule has 1 saturated carbocycles. The molecule has 0 amide bonds. The van der Waals surface area contributed by atoms with Gasteiger partial charge in [-0.05, 0) is 86.1 Å². The third kappa shape index (κ3) is 5.22. The van der Waals surface area contributed by atoms with E-state index in [0.29, 0.717) is 30.6 Å². The van der Waals surface area contributed by atoms with Crippen LogP contribution in [0.4, 0.5) is 13.2 Å². The first kappa shape index (κ1) is 25.4. The Balaban J connectivity index is 1.35. The molecule has 1 aliphatic carbocycles. The summed E-state index contributed by atoms with van der Waals surface area (Å²) in [6.45, 7) is 2.91. The van der Waals surface area contributed by atoms with Crippen molar-refractivity contribution in [2.24, 2.45) is 11.8 Å². The summed E-state index contributed by atoms with van der Waals surface area (Å²) >= 11 is 0. The lowest BCUT2D eigenvalue weighted by atomic mass is 9.86. The Morgan fingerprint density at radius 3 is 2.31 bits per heavy atom. The van der Waals surface area contributed by atoms with Crippen molar-refractivity contribution in [1.29, 1.82) is 0 Å². The maximum atomic E-state index is 14.3. The zero-order valence-corrected chi connectivity index (χ0v) is 20.9. The van der Waals surface area contributed by atoms with Crippen molar-refractivity contribution in [3.05, 3.63) is 41.5 Å². The van der Waals surface area contributed by atoms with Gasteiger partial charge in [0.1, 0.15) is 11.3 Å². The molecule has 3 fully saturated rings. The molecule has 2 saturated heterocycles. The zero-order chi connectivity index (χ0) is 25.4. The Hall–Kier alpha value is -2.28. The van der Waals surface area contributed by atoms with E-state index in [1.807, 2.05) is 6.07 Å². The molecule has 2 aliphatic heterocycles. The van der Waals surface area contributed by atoms with Crippen LogP contribution in [0.3, 0.4) is 0 Å². The number of piperidine rings is 1. The maximum Gasteiger partial charge on any atom is 0.420 e. The van der Waals surface area contributed by atoms with Crippen LogP contribution in [0, 0.1) is 11.8 Å². The Morgan fingerprint density at radius 1 is 1.03 bits per heavy atom. The van der Waals surface area contributed by atoms with Crippen LogP contribution >= 0.6 is 0 Å². The number of rotatable bonds is 7. The molecule has 0 radical (unpaired) electrons. The minimum Gasteiger partial charge on any atom is -0.490 e. The topological polar surface area (TPSA) is 49.8 Å². The highest BCUT2D eigenvalue weighted by Crippen LogP contribution is 2.43. The first-order valence-corrected chi connectivity index (χ1v) is 13.5. The number of carboxylic acids is 1. The van der Waals surface area contributed by atoms with Gasteiger partial charge < -0.3 is 9.84 Å². The van der Waals surface area contributed by atoms with Gasteiger partial charge in [0.05, 0.1) is 12.0 Å². The molecule has 2 unspecified atom stereocenters. The van der Waals surface area contributed by atoms with Crippen molar-refractivity contribution in [2.75, 3.05) is 6.54 Å². The second-order valence-electron chi connectivity index (χ2n) is 11.0. The molecule has 196 valence electrons. The van der Waals surface area contributed by atoms with Gasteiger partial charge in [-0.3, -0.25) is 9.69 Å². The van der Waals surface area contributed by atoms with Gasteiger partial charge in [0.25, 0.3) is 0 Å². The van der Waals surface area contributed by atoms with Crippen LogP contribution in [-0.2, 0) is 17.4 Å². The lowest BCUT2D eigenvalue weighted by Gasteiger charge is -2.37. The lowest BCUT2D eigenvalue weighted by molar-refractivity contribution is -0.144. The Morgan fingerprint density at radius 2 is 1.69 bits per heavy atom. The second kappa shape index (κ2) is 10.2. The number of carbonyl (C=O) groups is 1. The number of aliphatic carboxylic acids is 1. The summed E-state index contributed by atoms with van der Waals surface area (Å²) in [6.07, 6.45) is 4.04. The predicted molar refractivity (Wildman–Crippen MR) is 133 cm³/mol. The largest absolute Gasteiger partial charge is 0.490 e. The third-order valence-electron chi connectivity index (χ3n) is 8.89. The standard InChI is InChI=1S/C29H36F3NO3/c1-2-18-4-10-24(11-5-18)36-26-12-7-20-6-3-19(15-25(20)27(26)29(30,31)32)13-14-33-22-8-9-23(33)17-21(16-22)28(34)35/h3,6-7,12,15,18,21-24H,2,4-5,8-11,13-14,16-17H2,1H3,(H,34,35)/t18-,21?,22-,23?,24+/m0/s1. The number of hydrogen-bond donors (Lipinski definition) is 1. The van der Waals surface area contributed by atoms with Gasteiger partial charge in [-0.15, -0.1) is 0 Å². The summed E-state index contributed by atoms with van der Waals surface area (Å²) in [6, 6.07) is 9.13. The Kier molecular flexibility index (Phi) is 7.21. The molecule has 4 nitrogen and oxygen atoms in total. The van der Waals surface area contributed by atoms with Gasteiger partial charge in [-0.2, -0.15) is 13.2 Å². The van der Waals surface area contributed by atoms with E-state index >= 15 is 0 Å². The van der Waals surface area contributed by atoms with Crippen LogP contribution in [0.2, 0.25) is 0 Å². The van der Waals surface area contributed by atoms with Crippen molar-refractivity contribution in [1.82, 2.24) is 4.90 Å². The van der Waals surface area contributed by atoms with Crippen molar-refractivity contribution in [3.8, 4) is 5.75 Å². The average Bonchev–Trinajstić information content (AvgIpc) is 3.08. The molecule has 2 aromatic carbocycles. The first-order chi connectivity index (χ1) is 17.2. The third-order valence-corrected chi connectivity index (χ3v) is 8.89. The van der Waals surface area contributed by atoms with E-state index in [4.69, 9.17) is 4.74 Å². The highest BCUT2D eigenvalue weighted by Gasteiger charge is 2.42. The number of halogens is 3. The number of nitrogens with zero attached hydrogens (tertiary/aromatic N) is 1. The van der Waals surface area contributed by atoms with E-state index in [0.717, 1.165) is 57.1 Å². The number of alkyl halides is 3. The van der Waals surface area contributed by atoms with Crippen molar-refractivity contribution in [2.45, 2.75) is 95.5 Å². The number of hydrogen-bond acceptors (Lipinski definition) is 3. The monoisotopic (exact) mass is 503 g/mol. The van der Waals surface area contributed by atoms with Crippen LogP contribution in [0.1, 0.15) is 75.8 Å². The molecule has 3 aliphatic rings. The van der Waals surface area contributed by atoms with Gasteiger partial charge in [0, 0.05) is 18.6 Å². The molecule has 3 atom stereocenters. The van der Waals surface area contributed by atoms with Gasteiger partial charge in [0.2, 0.25) is 0 Å². The summed E-state index contributed by atoms with van der Waals surface area (Å²) in [5.41, 5.74) is 0.204. The smallest absolute Gasteiger partial charge is 0.420 e. The van der Waals surface area contributed by atoms with Crippen LogP contribution in [0.5, 0.6) is 5.75 Å². The molecule has 2 heterocycles. The average molecular weight is 504 g/mol. The summed E-state index contributed by atoms with van der Waals surface area (Å²) in [5, 5.41) is 10.2. The number of benzene rings is 2. The lowest BCUT2D eigenvalue weighted by Crippen LogP contribution is -2.45. The van der Waals surface area contributed by atoms with Gasteiger partial charge in [-0.1, -0.05) is 37.6 Å². The van der Waals surface area contributed by atoms with E-state index in [9.17, 15) is 23.1 Å². The molecular weight excluding hydrogens is 467 g/mol. The number of carboxylic acid groups (broad SMARTS) is 1. The van der Waals surface area contributed by atoms with Crippen LogP contribution in [0.25, 0.3) is 10.8 Å². The molecule has 2 aromatic rings. The highest BCUT2D eigenvalue weighted by molar-refractivity contribution is 5.89. The quantitative estimate of drug-likeness (QED) is 0.439. The van der Waals surface area contributed by atoms with E-state index in [1.165, 1.54) is 6.07 Å². The van der Waals surface area contributed by atoms with Crippen LogP contribution in [-0.4, -0.2) is 40.7 Å². The summed E-state index contributed by atoms with van der Waals surface area (Å²) < 4.78 is 49.0. The minimum atomic E-state index is -4.51. The Bertz CT molecular complexity index is 1080. The van der Waals surface area contributed by atoms with Gasteiger partial charge in [0.15, 0.2) is 0 Å². The number of ether oxygens (including phenoxy) is 1. The first-order valence-electron chi connectivity index (χ1n) is 13.5. The molecule has 36 heavy (non-hydrogen) atoms. The fourth-order valence-electron chi connectivity index (χ4n) is 6.83. The van der Waals surface area contributed by atoms with Gasteiger partial charge >= 0.3 is 12.1 Å². The summed E-state index contributed by atoms with van der Waals surface area (Å²) in [7, 11) is 0. The molecule has 2 bridgehead atoms. The molecular formula is C29H36F3NO3. The SMILES string of the molecule is CC[C@H]1CC[C@@H](Oc2ccc3ccc(CCN4C5CC[C@H]4CC(C(=O)O)C5)cc3c2C(F)(F)F)CC1. The molecule has 0 aromatic heterocycles. The minimum absolute atomic E-state index is 0.0547. The van der Waals surface area contributed by atoms with Crippen molar-refractivity contribution in [3.63, 3.8) is 0 Å². The zero-order valence-electron chi connectivity index (χ0n) is 20.9. The normalized spacial score (nSPS) is 28.9. The van der Waals surface area contributed by atoms with Crippen LogP contribution < -0.4 is 4.74 Å². The number of fused-ring (bicyclic) bond motifs is 3. The fourth-order valence-corrected chi connectivity index (χ4v) is 6.83.